The molecule has 4 aliphatic rings. The van der Waals surface area contributed by atoms with Crippen molar-refractivity contribution in [2.24, 2.45) is 17.3 Å². The van der Waals surface area contributed by atoms with E-state index in [1.165, 1.54) is 32.1 Å². The molecular weight excluding hydrogens is 406 g/mol. The summed E-state index contributed by atoms with van der Waals surface area (Å²) in [5.41, 5.74) is 1.17. The molecule has 0 saturated heterocycles. The van der Waals surface area contributed by atoms with Gasteiger partial charge in [-0.2, -0.15) is 0 Å². The maximum atomic E-state index is 12.9. The van der Waals surface area contributed by atoms with Crippen LogP contribution in [0.1, 0.15) is 50.5 Å². The van der Waals surface area contributed by atoms with Crippen molar-refractivity contribution in [3.05, 3.63) is 23.9 Å². The number of nitrogens with one attached hydrogen (secondary N) is 1. The first-order valence-corrected chi connectivity index (χ1v) is 10.7. The molecule has 4 fully saturated rings. The lowest BCUT2D eigenvalue weighted by Crippen LogP contribution is -2.54. The summed E-state index contributed by atoms with van der Waals surface area (Å²) in [7, 11) is 1.73. The van der Waals surface area contributed by atoms with E-state index in [-0.39, 0.29) is 28.1 Å². The van der Waals surface area contributed by atoms with Crippen molar-refractivity contribution in [2.75, 3.05) is 18.9 Å². The van der Waals surface area contributed by atoms with Crippen LogP contribution in [-0.4, -0.2) is 39.6 Å². The molecule has 0 spiro atoms. The van der Waals surface area contributed by atoms with Gasteiger partial charge >= 0.3 is 0 Å². The molecule has 27 heavy (non-hydrogen) atoms. The van der Waals surface area contributed by atoms with Gasteiger partial charge in [0.25, 0.3) is 0 Å². The van der Waals surface area contributed by atoms with E-state index in [2.05, 4.69) is 26.2 Å². The number of carbonyl (C=O) groups is 2. The fourth-order valence-corrected chi connectivity index (χ4v) is 7.60. The fourth-order valence-electron chi connectivity index (χ4n) is 6.09. The van der Waals surface area contributed by atoms with Crippen LogP contribution in [0.4, 0.5) is 5.82 Å². The summed E-state index contributed by atoms with van der Waals surface area (Å²) in [5.74, 6) is 1.94. The maximum absolute atomic E-state index is 12.9. The van der Waals surface area contributed by atoms with Gasteiger partial charge in [-0.15, -0.1) is 0 Å². The molecule has 1 heterocycles. The number of amides is 2. The van der Waals surface area contributed by atoms with Gasteiger partial charge in [0, 0.05) is 24.0 Å². The van der Waals surface area contributed by atoms with Crippen LogP contribution in [0.15, 0.2) is 18.3 Å². The van der Waals surface area contributed by atoms with Crippen molar-refractivity contribution in [2.45, 2.75) is 56.2 Å². The molecule has 5 rings (SSSR count). The molecule has 0 aliphatic heterocycles. The smallest absolute Gasteiger partial charge is 0.245 e. The third kappa shape index (κ3) is 4.05. The number of rotatable bonds is 5. The van der Waals surface area contributed by atoms with E-state index in [9.17, 15) is 9.59 Å². The van der Waals surface area contributed by atoms with Gasteiger partial charge in [-0.25, -0.2) is 4.98 Å². The standard InChI is InChI=1S/C21H28BrN3O2/c1-14-3-4-23-17(5-14)24-18(26)12-25(2)19(27)11-20-7-15-6-16(8-20)10-21(22,9-15)13-20/h3-5,15-16H,6-13H2,1-2H3,(H,23,24,26). The molecule has 1 aromatic heterocycles. The number of pyridine rings is 1. The van der Waals surface area contributed by atoms with Gasteiger partial charge in [-0.05, 0) is 80.4 Å². The van der Waals surface area contributed by atoms with Gasteiger partial charge in [-0.1, -0.05) is 15.9 Å². The Morgan fingerprint density at radius 3 is 2.63 bits per heavy atom. The van der Waals surface area contributed by atoms with E-state index in [1.54, 1.807) is 18.1 Å². The maximum Gasteiger partial charge on any atom is 0.245 e. The molecule has 146 valence electrons. The molecule has 0 aromatic carbocycles. The normalized spacial score (nSPS) is 33.7. The number of likely N-dealkylation sites (N-methyl/N-ethyl adjacent to an activating group) is 1. The van der Waals surface area contributed by atoms with Gasteiger partial charge in [0.05, 0.1) is 6.54 Å². The summed E-state index contributed by atoms with van der Waals surface area (Å²) in [6, 6.07) is 3.71. The largest absolute Gasteiger partial charge is 0.336 e. The minimum atomic E-state index is -0.202. The third-order valence-electron chi connectivity index (χ3n) is 6.63. The second kappa shape index (κ2) is 6.87. The second-order valence-electron chi connectivity index (χ2n) is 9.31. The Morgan fingerprint density at radius 2 is 2.00 bits per heavy atom. The summed E-state index contributed by atoms with van der Waals surface area (Å²) in [6.45, 7) is 2.02. The van der Waals surface area contributed by atoms with Gasteiger partial charge in [0.1, 0.15) is 5.82 Å². The third-order valence-corrected chi connectivity index (χ3v) is 7.55. The summed E-state index contributed by atoms with van der Waals surface area (Å²) >= 11 is 4.01. The first-order valence-electron chi connectivity index (χ1n) is 9.90. The van der Waals surface area contributed by atoms with Crippen molar-refractivity contribution in [3.63, 3.8) is 0 Å². The Labute approximate surface area is 169 Å². The number of anilines is 1. The molecule has 4 saturated carbocycles. The summed E-state index contributed by atoms with van der Waals surface area (Å²) in [5, 5.41) is 2.78. The molecule has 1 N–H and O–H groups in total. The molecule has 2 atom stereocenters. The summed E-state index contributed by atoms with van der Waals surface area (Å²) in [6.07, 6.45) is 9.56. The van der Waals surface area contributed by atoms with Crippen LogP contribution < -0.4 is 5.32 Å². The van der Waals surface area contributed by atoms with Gasteiger partial charge < -0.3 is 10.2 Å². The molecule has 1 aromatic rings. The van der Waals surface area contributed by atoms with Crippen molar-refractivity contribution >= 4 is 33.6 Å². The lowest BCUT2D eigenvalue weighted by molar-refractivity contribution is -0.139. The van der Waals surface area contributed by atoms with Crippen molar-refractivity contribution in [1.29, 1.82) is 0 Å². The zero-order valence-corrected chi connectivity index (χ0v) is 17.7. The number of hydrogen-bond donors (Lipinski definition) is 1. The number of aromatic nitrogens is 1. The number of halogens is 1. The Balaban J connectivity index is 1.35. The van der Waals surface area contributed by atoms with Crippen LogP contribution in [-0.2, 0) is 9.59 Å². The number of nitrogens with zero attached hydrogens (tertiary/aromatic N) is 2. The Hall–Kier alpha value is -1.43. The minimum absolute atomic E-state index is 0.0663. The molecule has 4 aliphatic carbocycles. The lowest BCUT2D eigenvalue weighted by Gasteiger charge is -2.60. The minimum Gasteiger partial charge on any atom is -0.336 e. The first-order chi connectivity index (χ1) is 12.7. The number of alkyl halides is 1. The SMILES string of the molecule is Cc1ccnc(NC(=O)CN(C)C(=O)CC23CC4CC(CC(Br)(C4)C2)C3)c1. The van der Waals surface area contributed by atoms with Crippen LogP contribution in [0.2, 0.25) is 0 Å². The second-order valence-corrected chi connectivity index (χ2v) is 11.0. The van der Waals surface area contributed by atoms with E-state index < -0.39 is 0 Å². The van der Waals surface area contributed by atoms with Gasteiger partial charge in [0.15, 0.2) is 0 Å². The summed E-state index contributed by atoms with van der Waals surface area (Å²) < 4.78 is 0.254. The van der Waals surface area contributed by atoms with Crippen molar-refractivity contribution in [3.8, 4) is 0 Å². The average molecular weight is 434 g/mol. The zero-order valence-electron chi connectivity index (χ0n) is 16.1. The predicted octanol–water partition coefficient (Wildman–Crippen LogP) is 3.91. The zero-order chi connectivity index (χ0) is 19.2. The van der Waals surface area contributed by atoms with Crippen LogP contribution in [0.3, 0.4) is 0 Å². The highest BCUT2D eigenvalue weighted by atomic mass is 79.9. The molecule has 5 nitrogen and oxygen atoms in total. The Morgan fingerprint density at radius 1 is 1.30 bits per heavy atom. The highest BCUT2D eigenvalue weighted by Gasteiger charge is 2.57. The van der Waals surface area contributed by atoms with Crippen molar-refractivity contribution in [1.82, 2.24) is 9.88 Å². The number of aryl methyl sites for hydroxylation is 1. The topological polar surface area (TPSA) is 62.3 Å². The van der Waals surface area contributed by atoms with Crippen LogP contribution in [0, 0.1) is 24.2 Å². The van der Waals surface area contributed by atoms with Gasteiger partial charge in [-0.3, -0.25) is 9.59 Å². The molecular formula is C21H28BrN3O2. The molecule has 6 heteroatoms. The number of carbonyl (C=O) groups excluding carboxylic acids is 2. The molecule has 2 unspecified atom stereocenters. The first kappa shape index (κ1) is 18.9. The molecule has 0 radical (unpaired) electrons. The number of hydrogen-bond acceptors (Lipinski definition) is 3. The van der Waals surface area contributed by atoms with E-state index in [0.29, 0.717) is 12.2 Å². The highest BCUT2D eigenvalue weighted by Crippen LogP contribution is 2.65. The average Bonchev–Trinajstić information content (AvgIpc) is 2.51. The Bertz CT molecular complexity index is 752. The van der Waals surface area contributed by atoms with Crippen LogP contribution in [0.5, 0.6) is 0 Å². The lowest BCUT2D eigenvalue weighted by atomic mass is 9.48. The highest BCUT2D eigenvalue weighted by molar-refractivity contribution is 9.10. The van der Waals surface area contributed by atoms with Gasteiger partial charge in [0.2, 0.25) is 11.8 Å². The van der Waals surface area contributed by atoms with E-state index in [0.717, 1.165) is 23.8 Å². The monoisotopic (exact) mass is 433 g/mol. The van der Waals surface area contributed by atoms with E-state index in [1.807, 2.05) is 19.1 Å². The molecule has 2 amide bonds. The fraction of sp³-hybridized carbons (Fsp3) is 0.667. The van der Waals surface area contributed by atoms with Crippen LogP contribution in [0.25, 0.3) is 0 Å². The van der Waals surface area contributed by atoms with Crippen LogP contribution >= 0.6 is 15.9 Å². The van der Waals surface area contributed by atoms with E-state index in [4.69, 9.17) is 0 Å². The quantitative estimate of drug-likeness (QED) is 0.715. The summed E-state index contributed by atoms with van der Waals surface area (Å²) in [4.78, 5) is 30.9. The Kier molecular flexibility index (Phi) is 4.81. The van der Waals surface area contributed by atoms with E-state index >= 15 is 0 Å². The predicted molar refractivity (Wildman–Crippen MR) is 109 cm³/mol. The molecule has 4 bridgehead atoms. The van der Waals surface area contributed by atoms with Crippen molar-refractivity contribution < 1.29 is 9.59 Å².